The van der Waals surface area contributed by atoms with Gasteiger partial charge in [-0.2, -0.15) is 15.4 Å². The van der Waals surface area contributed by atoms with E-state index in [-0.39, 0.29) is 5.43 Å². The fourth-order valence-corrected chi connectivity index (χ4v) is 2.40. The monoisotopic (exact) mass is 289 g/mol. The van der Waals surface area contributed by atoms with Crippen LogP contribution in [-0.2, 0) is 0 Å². The normalized spacial score (nSPS) is 10.9. The molecule has 5 nitrogen and oxygen atoms in total. The molecule has 0 saturated carbocycles. The van der Waals surface area contributed by atoms with Crippen molar-refractivity contribution in [2.24, 2.45) is 0 Å². The van der Waals surface area contributed by atoms with E-state index in [0.29, 0.717) is 22.4 Å². The number of H-pyrrole nitrogens is 1. The van der Waals surface area contributed by atoms with Gasteiger partial charge in [0.25, 0.3) is 0 Å². The maximum atomic E-state index is 12.4. The second-order valence-electron chi connectivity index (χ2n) is 4.91. The molecule has 0 spiro atoms. The van der Waals surface area contributed by atoms with Crippen LogP contribution < -0.4 is 5.43 Å². The van der Waals surface area contributed by atoms with E-state index < -0.39 is 0 Å². The molecule has 2 heterocycles. The summed E-state index contributed by atoms with van der Waals surface area (Å²) in [5.41, 5.74) is 2.86. The fraction of sp³-hybridized carbons (Fsp3) is 0. The zero-order chi connectivity index (χ0) is 14.9. The maximum absolute atomic E-state index is 12.4. The fourth-order valence-electron chi connectivity index (χ4n) is 2.40. The molecule has 0 bridgehead atoms. The van der Waals surface area contributed by atoms with E-state index in [2.05, 4.69) is 15.4 Å². The average molecular weight is 289 g/mol. The first kappa shape index (κ1) is 12.5. The molecule has 0 radical (unpaired) electrons. The highest BCUT2D eigenvalue weighted by Crippen LogP contribution is 2.25. The number of rotatable bonds is 2. The van der Waals surface area contributed by atoms with Crippen molar-refractivity contribution < 1.29 is 4.42 Å². The first-order valence-corrected chi connectivity index (χ1v) is 6.81. The van der Waals surface area contributed by atoms with Crippen LogP contribution in [0.25, 0.3) is 33.6 Å². The van der Waals surface area contributed by atoms with Gasteiger partial charge in [0.2, 0.25) is 0 Å². The van der Waals surface area contributed by atoms with Gasteiger partial charge in [-0.15, -0.1) is 0 Å². The number of aromatic nitrogens is 3. The summed E-state index contributed by atoms with van der Waals surface area (Å²) in [6, 6.07) is 16.5. The van der Waals surface area contributed by atoms with Gasteiger partial charge in [0.05, 0.1) is 11.6 Å². The molecule has 0 saturated heterocycles. The standard InChI is InChI=1S/C17H11N3O2/c21-15-9-17(11-4-2-1-3-5-11)22-16-7-6-12(8-13(15)16)14-10-18-20-19-14/h1-10H,(H,18,19,20). The van der Waals surface area contributed by atoms with Crippen molar-refractivity contribution in [3.63, 3.8) is 0 Å². The summed E-state index contributed by atoms with van der Waals surface area (Å²) in [5, 5.41) is 10.9. The highest BCUT2D eigenvalue weighted by molar-refractivity contribution is 5.83. The van der Waals surface area contributed by atoms with Crippen molar-refractivity contribution >= 4 is 11.0 Å². The minimum Gasteiger partial charge on any atom is -0.456 e. The molecule has 0 aliphatic carbocycles. The summed E-state index contributed by atoms with van der Waals surface area (Å²) in [6.07, 6.45) is 1.61. The first-order chi connectivity index (χ1) is 10.8. The van der Waals surface area contributed by atoms with Crippen LogP contribution in [0.5, 0.6) is 0 Å². The minimum atomic E-state index is -0.0783. The lowest BCUT2D eigenvalue weighted by atomic mass is 10.1. The summed E-state index contributed by atoms with van der Waals surface area (Å²) in [7, 11) is 0. The van der Waals surface area contributed by atoms with Crippen LogP contribution in [0.15, 0.2) is 70.0 Å². The Morgan fingerprint density at radius 2 is 1.82 bits per heavy atom. The Balaban J connectivity index is 1.90. The van der Waals surface area contributed by atoms with Crippen LogP contribution in [-0.4, -0.2) is 15.4 Å². The Kier molecular flexibility index (Phi) is 2.83. The molecule has 106 valence electrons. The number of nitrogens with zero attached hydrogens (tertiary/aromatic N) is 2. The van der Waals surface area contributed by atoms with Gasteiger partial charge in [0.15, 0.2) is 5.43 Å². The Labute approximate surface area is 125 Å². The van der Waals surface area contributed by atoms with E-state index in [4.69, 9.17) is 4.42 Å². The number of benzene rings is 2. The number of hydrogen-bond acceptors (Lipinski definition) is 4. The summed E-state index contributed by atoms with van der Waals surface area (Å²) in [6.45, 7) is 0. The van der Waals surface area contributed by atoms with Gasteiger partial charge in [-0.3, -0.25) is 4.79 Å². The van der Waals surface area contributed by atoms with Crippen molar-refractivity contribution in [2.45, 2.75) is 0 Å². The molecule has 2 aromatic carbocycles. The third-order valence-electron chi connectivity index (χ3n) is 3.50. The largest absolute Gasteiger partial charge is 0.456 e. The van der Waals surface area contributed by atoms with Crippen molar-refractivity contribution in [3.05, 3.63) is 71.0 Å². The molecule has 5 heteroatoms. The highest BCUT2D eigenvalue weighted by Gasteiger charge is 2.09. The molecular formula is C17H11N3O2. The van der Waals surface area contributed by atoms with Crippen LogP contribution in [0.3, 0.4) is 0 Å². The topological polar surface area (TPSA) is 71.8 Å². The first-order valence-electron chi connectivity index (χ1n) is 6.81. The van der Waals surface area contributed by atoms with Gasteiger partial charge in [-0.1, -0.05) is 30.3 Å². The second kappa shape index (κ2) is 4.96. The summed E-state index contributed by atoms with van der Waals surface area (Å²) in [4.78, 5) is 12.4. The van der Waals surface area contributed by atoms with E-state index in [1.807, 2.05) is 36.4 Å². The Hall–Kier alpha value is -3.21. The smallest absolute Gasteiger partial charge is 0.193 e. The van der Waals surface area contributed by atoms with Crippen LogP contribution in [0.4, 0.5) is 0 Å². The third-order valence-corrected chi connectivity index (χ3v) is 3.50. The zero-order valence-electron chi connectivity index (χ0n) is 11.5. The van der Waals surface area contributed by atoms with Crippen molar-refractivity contribution in [3.8, 4) is 22.6 Å². The summed E-state index contributed by atoms with van der Waals surface area (Å²) < 4.78 is 5.86. The van der Waals surface area contributed by atoms with Gasteiger partial charge >= 0.3 is 0 Å². The van der Waals surface area contributed by atoms with Crippen LogP contribution in [0, 0.1) is 0 Å². The van der Waals surface area contributed by atoms with Crippen LogP contribution in [0.2, 0.25) is 0 Å². The van der Waals surface area contributed by atoms with Crippen LogP contribution >= 0.6 is 0 Å². The number of aromatic amines is 1. The zero-order valence-corrected chi connectivity index (χ0v) is 11.5. The molecule has 0 unspecified atom stereocenters. The van der Waals surface area contributed by atoms with Crippen molar-refractivity contribution in [1.29, 1.82) is 0 Å². The summed E-state index contributed by atoms with van der Waals surface area (Å²) >= 11 is 0. The van der Waals surface area contributed by atoms with E-state index in [9.17, 15) is 4.79 Å². The molecule has 4 rings (SSSR count). The molecule has 0 amide bonds. The lowest BCUT2D eigenvalue weighted by Crippen LogP contribution is -2.00. The van der Waals surface area contributed by atoms with Gasteiger partial charge < -0.3 is 4.42 Å². The average Bonchev–Trinajstić information content (AvgIpc) is 3.10. The van der Waals surface area contributed by atoms with Gasteiger partial charge in [-0.05, 0) is 18.2 Å². The van der Waals surface area contributed by atoms with Gasteiger partial charge in [0, 0.05) is 17.2 Å². The molecular weight excluding hydrogens is 278 g/mol. The summed E-state index contributed by atoms with van der Waals surface area (Å²) in [5.74, 6) is 0.562. The van der Waals surface area contributed by atoms with Crippen molar-refractivity contribution in [2.75, 3.05) is 0 Å². The SMILES string of the molecule is O=c1cc(-c2ccccc2)oc2ccc(-c3cn[nH]n3)cc12. The molecule has 22 heavy (non-hydrogen) atoms. The minimum absolute atomic E-state index is 0.0783. The Morgan fingerprint density at radius 1 is 0.955 bits per heavy atom. The molecule has 0 fully saturated rings. The Morgan fingerprint density at radius 3 is 2.59 bits per heavy atom. The second-order valence-corrected chi connectivity index (χ2v) is 4.91. The lowest BCUT2D eigenvalue weighted by Gasteiger charge is -2.04. The van der Waals surface area contributed by atoms with Crippen molar-refractivity contribution in [1.82, 2.24) is 15.4 Å². The predicted octanol–water partition coefficient (Wildman–Crippen LogP) is 3.25. The molecule has 4 aromatic rings. The van der Waals surface area contributed by atoms with E-state index in [0.717, 1.165) is 11.1 Å². The quantitative estimate of drug-likeness (QED) is 0.615. The van der Waals surface area contributed by atoms with E-state index in [1.54, 1.807) is 18.3 Å². The molecule has 1 N–H and O–H groups in total. The van der Waals surface area contributed by atoms with E-state index >= 15 is 0 Å². The van der Waals surface area contributed by atoms with E-state index in [1.165, 1.54) is 6.07 Å². The van der Waals surface area contributed by atoms with Crippen LogP contribution in [0.1, 0.15) is 0 Å². The van der Waals surface area contributed by atoms with Gasteiger partial charge in [0.1, 0.15) is 17.0 Å². The number of hydrogen-bond donors (Lipinski definition) is 1. The lowest BCUT2D eigenvalue weighted by molar-refractivity contribution is 0.619. The highest BCUT2D eigenvalue weighted by atomic mass is 16.3. The maximum Gasteiger partial charge on any atom is 0.193 e. The number of nitrogens with one attached hydrogen (secondary N) is 1. The molecule has 0 aliphatic rings. The predicted molar refractivity (Wildman–Crippen MR) is 83.3 cm³/mol. The Bertz CT molecular complexity index is 990. The molecule has 2 aromatic heterocycles. The number of fused-ring (bicyclic) bond motifs is 1. The van der Waals surface area contributed by atoms with Gasteiger partial charge in [-0.25, -0.2) is 0 Å². The molecule has 0 aliphatic heterocycles. The molecule has 0 atom stereocenters. The third kappa shape index (κ3) is 2.09.